The molecule has 0 spiro atoms. The first kappa shape index (κ1) is 18.5. The Balaban J connectivity index is -0.000000146. The Hall–Kier alpha value is 0.734. The molecule has 1 heterocycles. The molecule has 0 aliphatic rings. The average molecular weight is 438 g/mol. The topological polar surface area (TPSA) is 3.88 Å². The minimum atomic E-state index is 0. The molecule has 0 aliphatic heterocycles. The molecular formula is C8H12NRhSTa+. The maximum atomic E-state index is 3.64. The van der Waals surface area contributed by atoms with Gasteiger partial charge in [0.1, 0.15) is 0 Å². The summed E-state index contributed by atoms with van der Waals surface area (Å²) in [5.74, 6) is 0. The number of hydrogen-bond acceptors (Lipinski definition) is 1. The summed E-state index contributed by atoms with van der Waals surface area (Å²) in [5, 5.41) is 0. The van der Waals surface area contributed by atoms with Gasteiger partial charge >= 0.3 is 22.4 Å². The second-order valence-electron chi connectivity index (χ2n) is 1.68. The van der Waals surface area contributed by atoms with E-state index in [9.17, 15) is 0 Å². The molecule has 1 aromatic heterocycles. The molecule has 12 heavy (non-hydrogen) atoms. The molecule has 0 amide bonds. The van der Waals surface area contributed by atoms with Crippen LogP contribution in [-0.4, -0.2) is 6.26 Å². The van der Waals surface area contributed by atoms with Gasteiger partial charge in [0.15, 0.2) is 0 Å². The molecule has 0 fully saturated rings. The van der Waals surface area contributed by atoms with Crippen LogP contribution >= 0.6 is 11.8 Å². The normalized spacial score (nSPS) is 6.50. The predicted molar refractivity (Wildman–Crippen MR) is 46.3 cm³/mol. The molecule has 0 N–H and O–H groups in total. The molecule has 0 saturated heterocycles. The third-order valence-corrected chi connectivity index (χ3v) is 0.777. The summed E-state index contributed by atoms with van der Waals surface area (Å²) < 4.78 is 1.75. The van der Waals surface area contributed by atoms with Gasteiger partial charge in [-0.15, -0.1) is 0 Å². The van der Waals surface area contributed by atoms with Crippen LogP contribution in [0.2, 0.25) is 0 Å². The van der Waals surface area contributed by atoms with Gasteiger partial charge < -0.3 is 16.3 Å². The summed E-state index contributed by atoms with van der Waals surface area (Å²) in [7, 11) is 3.64. The van der Waals surface area contributed by atoms with E-state index in [0.717, 1.165) is 0 Å². The van der Waals surface area contributed by atoms with Crippen LogP contribution in [0.3, 0.4) is 0 Å². The zero-order valence-corrected chi connectivity index (χ0v) is 12.6. The smallest absolute Gasteiger partial charge is 0.357 e. The van der Waals surface area contributed by atoms with E-state index in [-0.39, 0.29) is 41.9 Å². The Kier molecular flexibility index (Phi) is 22.0. The van der Waals surface area contributed by atoms with Crippen molar-refractivity contribution in [3.8, 4) is 0 Å². The van der Waals surface area contributed by atoms with Crippen LogP contribution < -0.4 is 4.57 Å². The van der Waals surface area contributed by atoms with Gasteiger partial charge in [-0.05, 0) is 6.26 Å². The molecule has 1 rings (SSSR count). The van der Waals surface area contributed by atoms with Crippen LogP contribution in [0.1, 0.15) is 0 Å². The number of hydrogen-bond donors (Lipinski definition) is 0. The van der Waals surface area contributed by atoms with Gasteiger partial charge in [0.05, 0.1) is 12.4 Å². The van der Waals surface area contributed by atoms with Crippen molar-refractivity contribution in [2.45, 2.75) is 0 Å². The predicted octanol–water partition coefficient (Wildman–Crippen LogP) is 1.75. The summed E-state index contributed by atoms with van der Waals surface area (Å²) in [6, 6.07) is 5.84. The monoisotopic (exact) mass is 438 g/mol. The number of thioether (sulfide) groups is 1. The first-order valence-corrected chi connectivity index (χ1v) is 4.26. The van der Waals surface area contributed by atoms with Crippen LogP contribution in [-0.2, 0) is 41.9 Å². The molecule has 1 nitrogen and oxygen atoms in total. The molecule has 0 aliphatic carbocycles. The molecule has 68 valence electrons. The molecule has 0 bridgehead atoms. The SMILES string of the molecule is [CH2-]SC.[CH2-][n+]1ccccc1.[Rh].[Ta+2]. The van der Waals surface area contributed by atoms with Crippen molar-refractivity contribution < 1.29 is 46.4 Å². The third-order valence-electron chi connectivity index (χ3n) is 0.777. The first-order chi connectivity index (χ1) is 4.81. The van der Waals surface area contributed by atoms with Crippen LogP contribution in [0, 0.1) is 13.3 Å². The standard InChI is InChI=1S/C6H7N.C2H5S.Rh.Ta/c1-7-5-3-2-4-6-7;1-3-2;;/h2-6H,1H2;1H2,2H3;;/q;-1;;+2. The van der Waals surface area contributed by atoms with Gasteiger partial charge in [0.25, 0.3) is 0 Å². The fourth-order valence-corrected chi connectivity index (χ4v) is 0.434. The van der Waals surface area contributed by atoms with Gasteiger partial charge in [0.2, 0.25) is 0 Å². The van der Waals surface area contributed by atoms with Gasteiger partial charge in [0, 0.05) is 26.5 Å². The van der Waals surface area contributed by atoms with Gasteiger partial charge in [-0.2, -0.15) is 0 Å². The molecule has 2 radical (unpaired) electrons. The van der Waals surface area contributed by atoms with Crippen molar-refractivity contribution >= 4 is 11.8 Å². The summed E-state index contributed by atoms with van der Waals surface area (Å²) in [6.07, 6.45) is 9.11. The molecule has 0 aromatic carbocycles. The summed E-state index contributed by atoms with van der Waals surface area (Å²) >= 11 is 1.50. The summed E-state index contributed by atoms with van der Waals surface area (Å²) in [4.78, 5) is 0. The van der Waals surface area contributed by atoms with E-state index in [1.807, 2.05) is 36.8 Å². The fourth-order valence-electron chi connectivity index (χ4n) is 0.434. The number of pyridine rings is 1. The van der Waals surface area contributed by atoms with Crippen molar-refractivity contribution in [1.82, 2.24) is 0 Å². The number of aromatic nitrogens is 1. The van der Waals surface area contributed by atoms with Gasteiger partial charge in [-0.25, -0.2) is 0 Å². The van der Waals surface area contributed by atoms with Crippen molar-refractivity contribution in [2.24, 2.45) is 0 Å². The molecule has 0 saturated carbocycles. The van der Waals surface area contributed by atoms with Crippen LogP contribution in [0.5, 0.6) is 0 Å². The Morgan fingerprint density at radius 3 is 1.67 bits per heavy atom. The van der Waals surface area contributed by atoms with Crippen molar-refractivity contribution in [3.05, 3.63) is 43.9 Å². The molecule has 0 atom stereocenters. The largest absolute Gasteiger partial charge is 2.00 e. The first-order valence-electron chi connectivity index (χ1n) is 2.86. The Morgan fingerprint density at radius 2 is 1.50 bits per heavy atom. The second kappa shape index (κ2) is 14.3. The Morgan fingerprint density at radius 1 is 1.17 bits per heavy atom. The zero-order valence-electron chi connectivity index (χ0n) is 6.94. The number of rotatable bonds is 0. The van der Waals surface area contributed by atoms with Crippen LogP contribution in [0.25, 0.3) is 0 Å². The maximum Gasteiger partial charge on any atom is 2.00 e. The molecule has 4 heteroatoms. The fraction of sp³-hybridized carbons (Fsp3) is 0.125. The quantitative estimate of drug-likeness (QED) is 0.340. The van der Waals surface area contributed by atoms with Crippen molar-refractivity contribution in [3.63, 3.8) is 0 Å². The third kappa shape index (κ3) is 13.3. The van der Waals surface area contributed by atoms with E-state index in [0.29, 0.717) is 0 Å². The van der Waals surface area contributed by atoms with Crippen molar-refractivity contribution in [2.75, 3.05) is 6.26 Å². The van der Waals surface area contributed by atoms with E-state index in [2.05, 4.69) is 13.3 Å². The summed E-state index contributed by atoms with van der Waals surface area (Å²) in [5.41, 5.74) is 0. The van der Waals surface area contributed by atoms with Crippen molar-refractivity contribution in [1.29, 1.82) is 0 Å². The zero-order chi connectivity index (χ0) is 7.82. The van der Waals surface area contributed by atoms with E-state index < -0.39 is 0 Å². The average Bonchev–Trinajstić information content (AvgIpc) is 1.91. The van der Waals surface area contributed by atoms with E-state index in [1.165, 1.54) is 11.8 Å². The Labute approximate surface area is 108 Å². The minimum absolute atomic E-state index is 0. The van der Waals surface area contributed by atoms with E-state index in [1.54, 1.807) is 4.57 Å². The maximum absolute atomic E-state index is 3.64. The minimum Gasteiger partial charge on any atom is -0.357 e. The van der Waals surface area contributed by atoms with Gasteiger partial charge in [-0.1, -0.05) is 18.2 Å². The van der Waals surface area contributed by atoms with Crippen LogP contribution in [0.15, 0.2) is 30.6 Å². The summed E-state index contributed by atoms with van der Waals surface area (Å²) in [6.45, 7) is 0. The molecule has 1 aromatic rings. The molecule has 0 unspecified atom stereocenters. The van der Waals surface area contributed by atoms with E-state index >= 15 is 0 Å². The van der Waals surface area contributed by atoms with E-state index in [4.69, 9.17) is 0 Å². The number of nitrogens with zero attached hydrogens (tertiary/aromatic N) is 1. The second-order valence-corrected chi connectivity index (χ2v) is 2.26. The van der Waals surface area contributed by atoms with Crippen LogP contribution in [0.4, 0.5) is 0 Å². The molecular weight excluding hydrogens is 426 g/mol. The van der Waals surface area contributed by atoms with Gasteiger partial charge in [-0.3, -0.25) is 6.26 Å². The Bertz CT molecular complexity index is 160.